The van der Waals surface area contributed by atoms with Crippen LogP contribution in [-0.2, 0) is 20.0 Å². The fourth-order valence-electron chi connectivity index (χ4n) is 5.94. The van der Waals surface area contributed by atoms with Crippen molar-refractivity contribution >= 4 is 20.0 Å². The molecule has 0 radical (unpaired) electrons. The van der Waals surface area contributed by atoms with Crippen LogP contribution in [0.1, 0.15) is 44.9 Å². The molecular weight excluding hydrogens is 288 g/mol. The van der Waals surface area contributed by atoms with Gasteiger partial charge in [0.25, 0.3) is 10.1 Å². The molecule has 1 heterocycles. The summed E-state index contributed by atoms with van der Waals surface area (Å²) in [5.41, 5.74) is -0.143. The zero-order valence-electron chi connectivity index (χ0n) is 10.6. The van der Waals surface area contributed by atoms with Gasteiger partial charge in [0, 0.05) is 0 Å². The van der Waals surface area contributed by atoms with Crippen LogP contribution in [0.3, 0.4) is 0 Å². The minimum absolute atomic E-state index is 0.114. The van der Waals surface area contributed by atoms with Crippen molar-refractivity contribution in [2.24, 2.45) is 17.3 Å². The summed E-state index contributed by atoms with van der Waals surface area (Å²) >= 11 is 0. The van der Waals surface area contributed by atoms with Crippen molar-refractivity contribution < 1.29 is 21.4 Å². The highest BCUT2D eigenvalue weighted by atomic mass is 32.3. The molecule has 0 aromatic rings. The first-order valence-electron chi connectivity index (χ1n) is 6.86. The van der Waals surface area contributed by atoms with Crippen LogP contribution in [0.15, 0.2) is 0 Å². The third-order valence-electron chi connectivity index (χ3n) is 6.01. The second kappa shape index (κ2) is 3.20. The highest BCUT2D eigenvalue weighted by Crippen LogP contribution is 2.69. The molecule has 2 spiro atoms. The Morgan fingerprint density at radius 3 is 2.11 bits per heavy atom. The van der Waals surface area contributed by atoms with E-state index in [0.29, 0.717) is 31.1 Å². The van der Waals surface area contributed by atoms with Gasteiger partial charge in [-0.05, 0) is 62.2 Å². The van der Waals surface area contributed by atoms with E-state index >= 15 is 0 Å². The van der Waals surface area contributed by atoms with Crippen molar-refractivity contribution in [3.8, 4) is 0 Å². The molecule has 108 valence electrons. The fourth-order valence-corrected chi connectivity index (χ4v) is 11.0. The first-order valence-corrected chi connectivity index (χ1v) is 9.91. The summed E-state index contributed by atoms with van der Waals surface area (Å²) in [4.78, 5) is 0. The van der Waals surface area contributed by atoms with E-state index in [1.165, 1.54) is 0 Å². The van der Waals surface area contributed by atoms with E-state index in [1.54, 1.807) is 0 Å². The van der Waals surface area contributed by atoms with Crippen LogP contribution in [-0.4, -0.2) is 30.7 Å². The van der Waals surface area contributed by atoms with Gasteiger partial charge in [-0.15, -0.1) is 0 Å². The summed E-state index contributed by atoms with van der Waals surface area (Å²) in [6.45, 7) is 0. The monoisotopic (exact) mass is 306 g/mol. The maximum absolute atomic E-state index is 12.7. The molecule has 1 saturated heterocycles. The molecule has 7 heteroatoms. The number of hydrogen-bond acceptors (Lipinski definition) is 4. The van der Waals surface area contributed by atoms with Crippen molar-refractivity contribution in [2.45, 2.75) is 54.3 Å². The van der Waals surface area contributed by atoms with Gasteiger partial charge in [0.2, 0.25) is 0 Å². The Labute approximate surface area is 113 Å². The normalized spacial score (nSPS) is 54.3. The van der Waals surface area contributed by atoms with Crippen LogP contribution in [0.25, 0.3) is 0 Å². The van der Waals surface area contributed by atoms with Gasteiger partial charge in [0.1, 0.15) is 0 Å². The molecule has 4 saturated carbocycles. The molecule has 19 heavy (non-hydrogen) atoms. The van der Waals surface area contributed by atoms with E-state index in [9.17, 15) is 21.4 Å². The van der Waals surface area contributed by atoms with Crippen molar-refractivity contribution in [3.63, 3.8) is 0 Å². The molecule has 5 nitrogen and oxygen atoms in total. The van der Waals surface area contributed by atoms with Crippen LogP contribution in [0.2, 0.25) is 0 Å². The lowest BCUT2D eigenvalue weighted by atomic mass is 9.48. The van der Waals surface area contributed by atoms with E-state index in [4.69, 9.17) is 0 Å². The largest absolute Gasteiger partial charge is 0.285 e. The number of hydrogen-bond donors (Lipinski definition) is 1. The quantitative estimate of drug-likeness (QED) is 0.739. The smallest absolute Gasteiger partial charge is 0.282 e. The topological polar surface area (TPSA) is 88.5 Å². The van der Waals surface area contributed by atoms with Gasteiger partial charge >= 0.3 is 0 Å². The molecule has 0 amide bonds. The lowest BCUT2D eigenvalue weighted by molar-refractivity contribution is -0.0518. The Morgan fingerprint density at radius 2 is 1.58 bits per heavy atom. The molecule has 5 aliphatic rings. The van der Waals surface area contributed by atoms with Crippen LogP contribution >= 0.6 is 0 Å². The Hall–Kier alpha value is -0.140. The summed E-state index contributed by atoms with van der Waals surface area (Å²) in [5.74, 6) is 0.886. The number of sulfone groups is 1. The second-order valence-electron chi connectivity index (χ2n) is 7.34. The fraction of sp³-hybridized carbons (Fsp3) is 1.00. The molecule has 4 bridgehead atoms. The average molecular weight is 306 g/mol. The maximum atomic E-state index is 12.7. The van der Waals surface area contributed by atoms with E-state index < -0.39 is 29.3 Å². The van der Waals surface area contributed by atoms with Crippen molar-refractivity contribution in [3.05, 3.63) is 0 Å². The molecular formula is C12H18O5S2. The Morgan fingerprint density at radius 1 is 1.00 bits per heavy atom. The summed E-state index contributed by atoms with van der Waals surface area (Å²) < 4.78 is 55.4. The minimum Gasteiger partial charge on any atom is -0.285 e. The van der Waals surface area contributed by atoms with Crippen LogP contribution < -0.4 is 0 Å². The molecule has 1 aliphatic heterocycles. The van der Waals surface area contributed by atoms with Gasteiger partial charge in [-0.25, -0.2) is 8.42 Å². The Kier molecular flexibility index (Phi) is 2.12. The molecule has 1 N–H and O–H groups in total. The first kappa shape index (κ1) is 12.6. The van der Waals surface area contributed by atoms with E-state index in [0.717, 1.165) is 19.3 Å². The predicted molar refractivity (Wildman–Crippen MR) is 68.7 cm³/mol. The molecule has 0 aromatic carbocycles. The molecule has 3 unspecified atom stereocenters. The standard InChI is InChI=1S/C12H18O5S2/c13-18(14)10(19(15,16)17)6-11-2-8-1-9(3-11)5-12(18,4-8)7-11/h8-10H,1-7H2,(H,15,16,17). The molecule has 3 atom stereocenters. The summed E-state index contributed by atoms with van der Waals surface area (Å²) in [7, 11) is -8.31. The number of rotatable bonds is 1. The third-order valence-corrected chi connectivity index (χ3v) is 10.9. The van der Waals surface area contributed by atoms with Crippen LogP contribution in [0.4, 0.5) is 0 Å². The van der Waals surface area contributed by atoms with Gasteiger partial charge in [-0.3, -0.25) is 4.55 Å². The molecule has 5 rings (SSSR count). The van der Waals surface area contributed by atoms with Gasteiger partial charge in [-0.1, -0.05) is 0 Å². The zero-order valence-corrected chi connectivity index (χ0v) is 12.2. The summed E-state index contributed by atoms with van der Waals surface area (Å²) in [5, 5.41) is 0. The van der Waals surface area contributed by atoms with Gasteiger partial charge in [-0.2, -0.15) is 8.42 Å². The average Bonchev–Trinajstić information content (AvgIpc) is 2.20. The van der Waals surface area contributed by atoms with Gasteiger partial charge in [0.15, 0.2) is 14.4 Å². The molecule has 0 aromatic heterocycles. The SMILES string of the molecule is O=S(=O)(O)C1CC23CC4CC(C2)CC(C4)(C3)S1(=O)=O. The Bertz CT molecular complexity index is 634. The molecule has 4 aliphatic carbocycles. The van der Waals surface area contributed by atoms with Crippen molar-refractivity contribution in [1.82, 2.24) is 0 Å². The highest BCUT2D eigenvalue weighted by Gasteiger charge is 2.69. The third kappa shape index (κ3) is 1.44. The first-order chi connectivity index (χ1) is 8.66. The lowest BCUT2D eigenvalue weighted by Gasteiger charge is -2.65. The maximum Gasteiger partial charge on any atom is 0.282 e. The van der Waals surface area contributed by atoms with Gasteiger partial charge in [0.05, 0.1) is 4.75 Å². The predicted octanol–water partition coefficient (Wildman–Crippen LogP) is 1.36. The Balaban J connectivity index is 1.92. The van der Waals surface area contributed by atoms with Gasteiger partial charge < -0.3 is 0 Å². The lowest BCUT2D eigenvalue weighted by Crippen LogP contribution is -2.66. The van der Waals surface area contributed by atoms with Crippen LogP contribution in [0, 0.1) is 17.3 Å². The van der Waals surface area contributed by atoms with Crippen LogP contribution in [0.5, 0.6) is 0 Å². The van der Waals surface area contributed by atoms with Crippen molar-refractivity contribution in [1.29, 1.82) is 0 Å². The zero-order chi connectivity index (χ0) is 13.7. The summed E-state index contributed by atoms with van der Waals surface area (Å²) in [6.07, 6.45) is 4.97. The van der Waals surface area contributed by atoms with Crippen molar-refractivity contribution in [2.75, 3.05) is 0 Å². The van der Waals surface area contributed by atoms with E-state index in [1.807, 2.05) is 0 Å². The summed E-state index contributed by atoms with van der Waals surface area (Å²) in [6, 6.07) is 0. The minimum atomic E-state index is -4.52. The second-order valence-corrected chi connectivity index (χ2v) is 11.8. The molecule has 5 fully saturated rings. The highest BCUT2D eigenvalue weighted by molar-refractivity contribution is 8.07. The van der Waals surface area contributed by atoms with E-state index in [-0.39, 0.29) is 11.8 Å². The van der Waals surface area contributed by atoms with E-state index in [2.05, 4.69) is 0 Å².